The van der Waals surface area contributed by atoms with Crippen LogP contribution in [0.15, 0.2) is 76.0 Å². The number of para-hydroxylation sites is 1. The molecule has 0 aliphatic rings. The molecule has 0 saturated heterocycles. The fraction of sp³-hybridized carbons (Fsp3) is 0. The Morgan fingerprint density at radius 1 is 1.03 bits per heavy atom. The van der Waals surface area contributed by atoms with E-state index in [0.29, 0.717) is 9.24 Å². The molecule has 8 nitrogen and oxygen atoms in total. The highest BCUT2D eigenvalue weighted by atomic mass is 32.2. The predicted molar refractivity (Wildman–Crippen MR) is 118 cm³/mol. The van der Waals surface area contributed by atoms with Gasteiger partial charge in [-0.15, -0.1) is 11.3 Å². The number of amides is 1. The van der Waals surface area contributed by atoms with Crippen LogP contribution in [0.2, 0.25) is 0 Å². The smallest absolute Gasteiger partial charge is 0.336 e. The molecule has 0 aliphatic carbocycles. The van der Waals surface area contributed by atoms with Crippen molar-refractivity contribution in [1.29, 1.82) is 0 Å². The van der Waals surface area contributed by atoms with E-state index in [1.165, 1.54) is 53.4 Å². The van der Waals surface area contributed by atoms with Gasteiger partial charge in [-0.3, -0.25) is 14.9 Å². The maximum atomic E-state index is 12.6. The minimum atomic E-state index is -1.24. The van der Waals surface area contributed by atoms with Crippen molar-refractivity contribution in [1.82, 2.24) is 4.98 Å². The number of nitrogens with one attached hydrogen (secondary N) is 1. The first-order valence-electron chi connectivity index (χ1n) is 8.87. The number of hydrogen-bond acceptors (Lipinski definition) is 7. The number of aromatic nitrogens is 1. The second-order valence-corrected chi connectivity index (χ2v) is 8.68. The van der Waals surface area contributed by atoms with Gasteiger partial charge in [0.15, 0.2) is 4.34 Å². The van der Waals surface area contributed by atoms with Crippen molar-refractivity contribution >= 4 is 56.6 Å². The van der Waals surface area contributed by atoms with Gasteiger partial charge in [0.05, 0.1) is 26.3 Å². The molecule has 0 spiro atoms. The molecule has 0 radical (unpaired) electrons. The van der Waals surface area contributed by atoms with Crippen molar-refractivity contribution in [2.75, 3.05) is 5.32 Å². The molecule has 0 atom stereocenters. The quantitative estimate of drug-likeness (QED) is 0.301. The lowest BCUT2D eigenvalue weighted by atomic mass is 10.1. The third kappa shape index (κ3) is 4.55. The zero-order valence-corrected chi connectivity index (χ0v) is 17.3. The summed E-state index contributed by atoms with van der Waals surface area (Å²) in [6.07, 6.45) is 0. The number of nitrogens with zero attached hydrogens (tertiary/aromatic N) is 2. The fourth-order valence-corrected chi connectivity index (χ4v) is 5.01. The first kappa shape index (κ1) is 20.5. The van der Waals surface area contributed by atoms with E-state index in [-0.39, 0.29) is 22.5 Å². The number of benzene rings is 3. The van der Waals surface area contributed by atoms with Gasteiger partial charge in [-0.25, -0.2) is 9.78 Å². The van der Waals surface area contributed by atoms with Gasteiger partial charge in [0.25, 0.3) is 11.6 Å². The molecular formula is C21H13N3O5S2. The standard InChI is InChI=1S/C21H13N3O5S2/c25-19(15-5-1-2-6-16(15)20(26)27)22-12-9-13(24(28)29)11-14(10-12)30-21-23-17-7-3-4-8-18(17)31-21/h1-11H,(H,22,25)(H,26,27). The van der Waals surface area contributed by atoms with E-state index in [2.05, 4.69) is 10.3 Å². The van der Waals surface area contributed by atoms with Crippen LogP contribution in [0, 0.1) is 10.1 Å². The number of rotatable bonds is 6. The summed E-state index contributed by atoms with van der Waals surface area (Å²) >= 11 is 2.71. The minimum Gasteiger partial charge on any atom is -0.478 e. The van der Waals surface area contributed by atoms with E-state index in [0.717, 1.165) is 10.2 Å². The molecular weight excluding hydrogens is 438 g/mol. The molecule has 154 valence electrons. The van der Waals surface area contributed by atoms with Crippen LogP contribution < -0.4 is 5.32 Å². The summed E-state index contributed by atoms with van der Waals surface area (Å²) < 4.78 is 1.70. The number of fused-ring (bicyclic) bond motifs is 1. The summed E-state index contributed by atoms with van der Waals surface area (Å²) in [5.74, 6) is -1.91. The number of thiazole rings is 1. The van der Waals surface area contributed by atoms with Gasteiger partial charge in [0, 0.05) is 22.7 Å². The van der Waals surface area contributed by atoms with Gasteiger partial charge in [0.1, 0.15) is 0 Å². The summed E-state index contributed by atoms with van der Waals surface area (Å²) in [6.45, 7) is 0. The van der Waals surface area contributed by atoms with Crippen molar-refractivity contribution in [3.05, 3.63) is 88.0 Å². The van der Waals surface area contributed by atoms with E-state index in [4.69, 9.17) is 0 Å². The molecule has 3 aromatic carbocycles. The number of carboxylic acid groups (broad SMARTS) is 1. The van der Waals surface area contributed by atoms with E-state index in [1.807, 2.05) is 24.3 Å². The van der Waals surface area contributed by atoms with Crippen LogP contribution in [0.1, 0.15) is 20.7 Å². The van der Waals surface area contributed by atoms with Gasteiger partial charge in [-0.2, -0.15) is 0 Å². The molecule has 0 unspecified atom stereocenters. The molecule has 0 fully saturated rings. The summed E-state index contributed by atoms with van der Waals surface area (Å²) in [5.41, 5.74) is 0.617. The first-order valence-corrected chi connectivity index (χ1v) is 10.5. The molecule has 31 heavy (non-hydrogen) atoms. The lowest BCUT2D eigenvalue weighted by Gasteiger charge is -2.09. The normalized spacial score (nSPS) is 10.7. The Bertz CT molecular complexity index is 1300. The first-order chi connectivity index (χ1) is 14.9. The lowest BCUT2D eigenvalue weighted by Crippen LogP contribution is -2.16. The van der Waals surface area contributed by atoms with Crippen molar-refractivity contribution < 1.29 is 19.6 Å². The number of anilines is 1. The fourth-order valence-electron chi connectivity index (χ4n) is 2.88. The molecule has 1 heterocycles. The summed E-state index contributed by atoms with van der Waals surface area (Å²) in [5, 5.41) is 23.2. The summed E-state index contributed by atoms with van der Waals surface area (Å²) in [6, 6.07) is 17.6. The number of aromatic carboxylic acids is 1. The second kappa shape index (κ2) is 8.54. The van der Waals surface area contributed by atoms with Crippen molar-refractivity contribution in [2.45, 2.75) is 9.24 Å². The van der Waals surface area contributed by atoms with E-state index in [9.17, 15) is 24.8 Å². The molecule has 0 aliphatic heterocycles. The number of nitro groups is 1. The van der Waals surface area contributed by atoms with E-state index < -0.39 is 16.8 Å². The topological polar surface area (TPSA) is 122 Å². The van der Waals surface area contributed by atoms with Crippen molar-refractivity contribution in [3.8, 4) is 0 Å². The Labute approximate surface area is 183 Å². The average molecular weight is 451 g/mol. The highest BCUT2D eigenvalue weighted by Gasteiger charge is 2.18. The molecule has 2 N–H and O–H groups in total. The summed E-state index contributed by atoms with van der Waals surface area (Å²) in [4.78, 5) is 39.9. The third-order valence-electron chi connectivity index (χ3n) is 4.24. The maximum absolute atomic E-state index is 12.6. The Hall–Kier alpha value is -3.76. The number of nitro benzene ring substituents is 1. The maximum Gasteiger partial charge on any atom is 0.336 e. The zero-order valence-electron chi connectivity index (χ0n) is 15.6. The average Bonchev–Trinajstić information content (AvgIpc) is 3.15. The molecule has 0 bridgehead atoms. The van der Waals surface area contributed by atoms with Crippen molar-refractivity contribution in [2.24, 2.45) is 0 Å². The third-order valence-corrected chi connectivity index (χ3v) is 6.31. The Balaban J connectivity index is 1.65. The van der Waals surface area contributed by atoms with Gasteiger partial charge < -0.3 is 10.4 Å². The molecule has 1 amide bonds. The van der Waals surface area contributed by atoms with Gasteiger partial charge >= 0.3 is 5.97 Å². The second-order valence-electron chi connectivity index (χ2n) is 6.33. The van der Waals surface area contributed by atoms with Gasteiger partial charge in [-0.05, 0) is 30.3 Å². The molecule has 10 heteroatoms. The van der Waals surface area contributed by atoms with Crippen LogP contribution in [0.5, 0.6) is 0 Å². The Kier molecular flexibility index (Phi) is 5.65. The molecule has 4 aromatic rings. The van der Waals surface area contributed by atoms with E-state index >= 15 is 0 Å². The van der Waals surface area contributed by atoms with Crippen LogP contribution in [0.3, 0.4) is 0 Å². The molecule has 0 saturated carbocycles. The molecule has 4 rings (SSSR count). The number of hydrogen-bond donors (Lipinski definition) is 2. The minimum absolute atomic E-state index is 0.0399. The Morgan fingerprint density at radius 2 is 1.74 bits per heavy atom. The number of carbonyl (C=O) groups is 2. The summed E-state index contributed by atoms with van der Waals surface area (Å²) in [7, 11) is 0. The van der Waals surface area contributed by atoms with Crippen LogP contribution >= 0.6 is 23.1 Å². The number of carboxylic acids is 1. The van der Waals surface area contributed by atoms with Crippen LogP contribution in [-0.4, -0.2) is 26.9 Å². The number of carbonyl (C=O) groups excluding carboxylic acids is 1. The van der Waals surface area contributed by atoms with E-state index in [1.54, 1.807) is 12.1 Å². The highest BCUT2D eigenvalue weighted by Crippen LogP contribution is 2.37. The highest BCUT2D eigenvalue weighted by molar-refractivity contribution is 8.01. The zero-order chi connectivity index (χ0) is 22.0. The van der Waals surface area contributed by atoms with Crippen LogP contribution in [0.4, 0.5) is 11.4 Å². The number of non-ortho nitro benzene ring substituents is 1. The van der Waals surface area contributed by atoms with Crippen LogP contribution in [-0.2, 0) is 0 Å². The van der Waals surface area contributed by atoms with Gasteiger partial charge in [-0.1, -0.05) is 36.0 Å². The Morgan fingerprint density at radius 3 is 2.45 bits per heavy atom. The predicted octanol–water partition coefficient (Wildman–Crippen LogP) is 5.31. The largest absolute Gasteiger partial charge is 0.478 e. The van der Waals surface area contributed by atoms with Crippen molar-refractivity contribution in [3.63, 3.8) is 0 Å². The van der Waals surface area contributed by atoms with Gasteiger partial charge in [0.2, 0.25) is 0 Å². The van der Waals surface area contributed by atoms with Crippen LogP contribution in [0.25, 0.3) is 10.2 Å². The SMILES string of the molecule is O=C(O)c1ccccc1C(=O)Nc1cc(Sc2nc3ccccc3s2)cc([N+](=O)[O-])c1. The molecule has 1 aromatic heterocycles. The monoisotopic (exact) mass is 451 g/mol. The lowest BCUT2D eigenvalue weighted by molar-refractivity contribution is -0.385.